The van der Waals surface area contributed by atoms with Gasteiger partial charge >= 0.3 is 0 Å². The summed E-state index contributed by atoms with van der Waals surface area (Å²) in [7, 11) is 0. The molecule has 0 unspecified atom stereocenters. The smallest absolute Gasteiger partial charge is 0.252 e. The van der Waals surface area contributed by atoms with Crippen LogP contribution in [0.2, 0.25) is 0 Å². The summed E-state index contributed by atoms with van der Waals surface area (Å²) in [6, 6.07) is 9.95. The minimum Gasteiger partial charge on any atom is -0.351 e. The van der Waals surface area contributed by atoms with Gasteiger partial charge in [-0.1, -0.05) is 40.7 Å². The van der Waals surface area contributed by atoms with E-state index in [1.807, 2.05) is 18.2 Å². The molecule has 1 fully saturated rings. The van der Waals surface area contributed by atoms with Crippen LogP contribution in [-0.2, 0) is 11.2 Å². The lowest BCUT2D eigenvalue weighted by Gasteiger charge is -2.32. The Hall–Kier alpha value is -2.71. The Morgan fingerprint density at radius 3 is 2.46 bits per heavy atom. The summed E-state index contributed by atoms with van der Waals surface area (Å²) in [6.07, 6.45) is 5.31. The second-order valence-corrected chi connectivity index (χ2v) is 12.2. The fourth-order valence-corrected chi connectivity index (χ4v) is 6.39. The highest BCUT2D eigenvalue weighted by Gasteiger charge is 2.27. The van der Waals surface area contributed by atoms with Crippen LogP contribution in [0.3, 0.4) is 0 Å². The molecule has 0 saturated carbocycles. The number of hydrogen-bond donors (Lipinski definition) is 2. The van der Waals surface area contributed by atoms with Crippen molar-refractivity contribution < 1.29 is 9.59 Å². The molecule has 39 heavy (non-hydrogen) atoms. The molecule has 4 rings (SSSR count). The number of fused-ring (bicyclic) bond motifs is 1. The van der Waals surface area contributed by atoms with Crippen LogP contribution in [0.15, 0.2) is 35.7 Å². The SMILES string of the molecule is CCC(CC)n1c(Cc2cccs2)nc2cc(C(=O)N[C@@H](CC(C)C)C(=O)NC3CCN(CC)CC3)ccc21. The van der Waals surface area contributed by atoms with Gasteiger partial charge in [0.1, 0.15) is 11.9 Å². The molecule has 2 aromatic heterocycles. The van der Waals surface area contributed by atoms with Gasteiger partial charge in [-0.15, -0.1) is 11.3 Å². The van der Waals surface area contributed by atoms with E-state index in [4.69, 9.17) is 4.98 Å². The lowest BCUT2D eigenvalue weighted by Crippen LogP contribution is -2.52. The van der Waals surface area contributed by atoms with Gasteiger partial charge in [0.2, 0.25) is 5.91 Å². The molecule has 212 valence electrons. The first-order chi connectivity index (χ1) is 18.8. The molecular weight excluding hydrogens is 506 g/mol. The van der Waals surface area contributed by atoms with E-state index in [2.05, 4.69) is 72.2 Å². The van der Waals surface area contributed by atoms with E-state index in [0.717, 1.165) is 68.6 Å². The zero-order chi connectivity index (χ0) is 27.9. The molecule has 1 atom stereocenters. The minimum absolute atomic E-state index is 0.0793. The Kier molecular flexibility index (Phi) is 10.2. The highest BCUT2D eigenvalue weighted by Crippen LogP contribution is 2.28. The summed E-state index contributed by atoms with van der Waals surface area (Å²) >= 11 is 1.74. The second-order valence-electron chi connectivity index (χ2n) is 11.2. The van der Waals surface area contributed by atoms with Crippen LogP contribution in [0.4, 0.5) is 0 Å². The maximum atomic E-state index is 13.4. The molecule has 0 aliphatic carbocycles. The second kappa shape index (κ2) is 13.6. The molecule has 0 spiro atoms. The Morgan fingerprint density at radius 1 is 1.10 bits per heavy atom. The van der Waals surface area contributed by atoms with Crippen LogP contribution < -0.4 is 10.6 Å². The monoisotopic (exact) mass is 551 g/mol. The molecule has 1 aromatic carbocycles. The molecule has 0 radical (unpaired) electrons. The summed E-state index contributed by atoms with van der Waals surface area (Å²) < 4.78 is 2.36. The normalized spacial score (nSPS) is 15.8. The van der Waals surface area contributed by atoms with Crippen molar-refractivity contribution in [2.45, 2.75) is 91.3 Å². The molecule has 7 nitrogen and oxygen atoms in total. The first-order valence-corrected chi connectivity index (χ1v) is 15.6. The number of nitrogens with zero attached hydrogens (tertiary/aromatic N) is 3. The number of amides is 2. The van der Waals surface area contributed by atoms with Crippen LogP contribution >= 0.6 is 11.3 Å². The van der Waals surface area contributed by atoms with Gasteiger partial charge in [0, 0.05) is 42.0 Å². The number of likely N-dealkylation sites (tertiary alicyclic amines) is 1. The van der Waals surface area contributed by atoms with Crippen molar-refractivity contribution in [3.8, 4) is 0 Å². The Morgan fingerprint density at radius 2 is 1.85 bits per heavy atom. The standard InChI is InChI=1S/C31H45N5O2S/c1-6-24(7-2)36-28-12-11-22(19-26(28)33-29(36)20-25-10-9-17-39-25)30(37)34-27(18-21(4)5)31(38)32-23-13-15-35(8-3)16-14-23/h9-12,17,19,21,23-24,27H,6-8,13-16,18,20H2,1-5H3,(H,32,38)(H,34,37)/t27-/m0/s1. The third-order valence-corrected chi connectivity index (χ3v) is 8.83. The zero-order valence-corrected chi connectivity index (χ0v) is 25.0. The number of carbonyl (C=O) groups is 2. The zero-order valence-electron chi connectivity index (χ0n) is 24.2. The Balaban J connectivity index is 1.53. The molecule has 2 N–H and O–H groups in total. The maximum Gasteiger partial charge on any atom is 0.252 e. The summed E-state index contributed by atoms with van der Waals surface area (Å²) in [5.41, 5.74) is 2.42. The molecule has 1 saturated heterocycles. The number of thiophene rings is 1. The number of nitrogens with one attached hydrogen (secondary N) is 2. The highest BCUT2D eigenvalue weighted by atomic mass is 32.1. The average molecular weight is 552 g/mol. The van der Waals surface area contributed by atoms with Gasteiger partial charge < -0.3 is 20.1 Å². The Bertz CT molecular complexity index is 1220. The van der Waals surface area contributed by atoms with Gasteiger partial charge in [0.15, 0.2) is 0 Å². The van der Waals surface area contributed by atoms with Crippen LogP contribution in [0.5, 0.6) is 0 Å². The van der Waals surface area contributed by atoms with Crippen molar-refractivity contribution in [1.82, 2.24) is 25.1 Å². The number of piperidine rings is 1. The highest BCUT2D eigenvalue weighted by molar-refractivity contribution is 7.09. The van der Waals surface area contributed by atoms with Crippen molar-refractivity contribution >= 4 is 34.2 Å². The number of hydrogen-bond acceptors (Lipinski definition) is 5. The van der Waals surface area contributed by atoms with Crippen molar-refractivity contribution in [1.29, 1.82) is 0 Å². The Labute approximate surface area is 237 Å². The van der Waals surface area contributed by atoms with Gasteiger partial charge in [0.05, 0.1) is 11.0 Å². The topological polar surface area (TPSA) is 79.3 Å². The predicted molar refractivity (Wildman–Crippen MR) is 160 cm³/mol. The van der Waals surface area contributed by atoms with E-state index in [1.165, 1.54) is 4.88 Å². The van der Waals surface area contributed by atoms with Crippen LogP contribution in [0.1, 0.15) is 93.8 Å². The van der Waals surface area contributed by atoms with E-state index in [1.54, 1.807) is 11.3 Å². The van der Waals surface area contributed by atoms with Gasteiger partial charge in [-0.2, -0.15) is 0 Å². The van der Waals surface area contributed by atoms with E-state index >= 15 is 0 Å². The molecule has 0 bridgehead atoms. The van der Waals surface area contributed by atoms with Crippen molar-refractivity contribution in [2.24, 2.45) is 5.92 Å². The molecule has 3 heterocycles. The quantitative estimate of drug-likeness (QED) is 0.298. The number of aromatic nitrogens is 2. The number of rotatable bonds is 12. The molecule has 1 aliphatic rings. The van der Waals surface area contributed by atoms with Crippen LogP contribution in [0, 0.1) is 5.92 Å². The first kappa shape index (κ1) is 29.3. The van der Waals surface area contributed by atoms with Crippen molar-refractivity contribution in [3.63, 3.8) is 0 Å². The summed E-state index contributed by atoms with van der Waals surface area (Å²) in [6.45, 7) is 13.8. The number of imidazole rings is 1. The first-order valence-electron chi connectivity index (χ1n) is 14.7. The third-order valence-electron chi connectivity index (χ3n) is 7.95. The van der Waals surface area contributed by atoms with Crippen LogP contribution in [-0.4, -0.2) is 58.0 Å². The number of benzene rings is 1. The summed E-state index contributed by atoms with van der Waals surface area (Å²) in [5, 5.41) is 8.36. The molecule has 8 heteroatoms. The maximum absolute atomic E-state index is 13.4. The van der Waals surface area contributed by atoms with E-state index in [-0.39, 0.29) is 23.8 Å². The fraction of sp³-hybridized carbons (Fsp3) is 0.581. The van der Waals surface area contributed by atoms with Gasteiger partial charge in [-0.25, -0.2) is 4.98 Å². The van der Waals surface area contributed by atoms with Crippen molar-refractivity contribution in [3.05, 3.63) is 52.0 Å². The summed E-state index contributed by atoms with van der Waals surface area (Å²) in [5.74, 6) is 1.01. The van der Waals surface area contributed by atoms with Crippen molar-refractivity contribution in [2.75, 3.05) is 19.6 Å². The van der Waals surface area contributed by atoms with Gasteiger partial charge in [-0.3, -0.25) is 9.59 Å². The van der Waals surface area contributed by atoms with E-state index in [9.17, 15) is 9.59 Å². The van der Waals surface area contributed by atoms with E-state index in [0.29, 0.717) is 18.0 Å². The molecule has 3 aromatic rings. The van der Waals surface area contributed by atoms with Gasteiger partial charge in [0.25, 0.3) is 5.91 Å². The largest absolute Gasteiger partial charge is 0.351 e. The number of carbonyl (C=O) groups excluding carboxylic acids is 2. The minimum atomic E-state index is -0.561. The lowest BCUT2D eigenvalue weighted by atomic mass is 10.0. The van der Waals surface area contributed by atoms with E-state index < -0.39 is 6.04 Å². The fourth-order valence-electron chi connectivity index (χ4n) is 5.68. The molecule has 1 aliphatic heterocycles. The third kappa shape index (κ3) is 7.28. The molecular formula is C31H45N5O2S. The molecule has 2 amide bonds. The van der Waals surface area contributed by atoms with Crippen LogP contribution in [0.25, 0.3) is 11.0 Å². The average Bonchev–Trinajstić information content (AvgIpc) is 3.57. The summed E-state index contributed by atoms with van der Waals surface area (Å²) in [4.78, 5) is 35.4. The van der Waals surface area contributed by atoms with Gasteiger partial charge in [-0.05, 0) is 74.2 Å². The predicted octanol–water partition coefficient (Wildman–Crippen LogP) is 5.79. The lowest BCUT2D eigenvalue weighted by molar-refractivity contribution is -0.124.